The molecule has 1 aliphatic carbocycles. The summed E-state index contributed by atoms with van der Waals surface area (Å²) >= 11 is 0. The molecule has 0 bridgehead atoms. The Morgan fingerprint density at radius 2 is 2.14 bits per heavy atom. The van der Waals surface area contributed by atoms with Gasteiger partial charge in [-0.2, -0.15) is 0 Å². The van der Waals surface area contributed by atoms with E-state index in [0.29, 0.717) is 6.04 Å². The molecular formula is C17H25N3O2. The highest BCUT2D eigenvalue weighted by atomic mass is 16.5. The summed E-state index contributed by atoms with van der Waals surface area (Å²) < 4.78 is 5.83. The summed E-state index contributed by atoms with van der Waals surface area (Å²) in [5.74, 6) is 0. The van der Waals surface area contributed by atoms with Crippen molar-refractivity contribution in [2.24, 2.45) is 0 Å². The minimum Gasteiger partial charge on any atom is -0.371 e. The molecule has 1 heterocycles. The number of ether oxygens (including phenoxy) is 1. The summed E-state index contributed by atoms with van der Waals surface area (Å²) in [4.78, 5) is 14.3. The smallest absolute Gasteiger partial charge is 0.319 e. The number of urea groups is 1. The summed E-state index contributed by atoms with van der Waals surface area (Å²) in [6.45, 7) is 2.61. The van der Waals surface area contributed by atoms with Crippen LogP contribution in [0.15, 0.2) is 24.3 Å². The maximum absolute atomic E-state index is 12.0. The fourth-order valence-electron chi connectivity index (χ4n) is 3.22. The number of nitrogens with zero attached hydrogens (tertiary/aromatic N) is 1. The van der Waals surface area contributed by atoms with Gasteiger partial charge in [0.25, 0.3) is 0 Å². The Balaban J connectivity index is 1.59. The first-order valence-corrected chi connectivity index (χ1v) is 8.18. The van der Waals surface area contributed by atoms with Gasteiger partial charge in [0.2, 0.25) is 0 Å². The minimum absolute atomic E-state index is 0.0818. The van der Waals surface area contributed by atoms with Crippen LogP contribution in [0.1, 0.15) is 37.4 Å². The molecule has 1 atom stereocenters. The van der Waals surface area contributed by atoms with Crippen LogP contribution in [-0.4, -0.2) is 43.7 Å². The van der Waals surface area contributed by atoms with Gasteiger partial charge in [0.15, 0.2) is 0 Å². The van der Waals surface area contributed by atoms with E-state index in [4.69, 9.17) is 4.74 Å². The largest absolute Gasteiger partial charge is 0.371 e. The number of carbonyl (C=O) groups is 1. The lowest BCUT2D eigenvalue weighted by molar-refractivity contribution is -0.0208. The number of carbonyl (C=O) groups excluding carboxylic acids is 1. The third-order valence-electron chi connectivity index (χ3n) is 4.48. The van der Waals surface area contributed by atoms with E-state index in [9.17, 15) is 4.79 Å². The van der Waals surface area contributed by atoms with Gasteiger partial charge in [0, 0.05) is 24.8 Å². The Hall–Kier alpha value is -1.59. The van der Waals surface area contributed by atoms with Gasteiger partial charge in [0.05, 0.1) is 12.7 Å². The van der Waals surface area contributed by atoms with Crippen molar-refractivity contribution in [3.05, 3.63) is 29.8 Å². The molecule has 0 aromatic heterocycles. The number of likely N-dealkylation sites (N-methyl/N-ethyl adjacent to an activating group) is 1. The number of nitrogens with one attached hydrogen (secondary N) is 2. The third-order valence-corrected chi connectivity index (χ3v) is 4.48. The zero-order valence-electron chi connectivity index (χ0n) is 13.2. The van der Waals surface area contributed by atoms with Gasteiger partial charge in [-0.15, -0.1) is 0 Å². The monoisotopic (exact) mass is 303 g/mol. The van der Waals surface area contributed by atoms with Crippen LogP contribution in [0.2, 0.25) is 0 Å². The summed E-state index contributed by atoms with van der Waals surface area (Å²) in [7, 11) is 2.10. The average molecular weight is 303 g/mol. The van der Waals surface area contributed by atoms with Crippen molar-refractivity contribution < 1.29 is 9.53 Å². The number of benzene rings is 1. The first-order valence-electron chi connectivity index (χ1n) is 8.18. The third kappa shape index (κ3) is 3.99. The molecule has 120 valence electrons. The number of morpholine rings is 1. The molecule has 1 aromatic carbocycles. The molecule has 1 unspecified atom stereocenters. The number of rotatable bonds is 3. The fraction of sp³-hybridized carbons (Fsp3) is 0.588. The second kappa shape index (κ2) is 7.11. The predicted molar refractivity (Wildman–Crippen MR) is 87.0 cm³/mol. The molecule has 2 fully saturated rings. The van der Waals surface area contributed by atoms with E-state index in [2.05, 4.69) is 28.6 Å². The SMILES string of the molecule is CN1CCOC(c2cccc(NC(=O)NC3CCCC3)c2)C1. The van der Waals surface area contributed by atoms with Gasteiger partial charge in [-0.05, 0) is 37.6 Å². The molecule has 1 aromatic rings. The van der Waals surface area contributed by atoms with Gasteiger partial charge in [-0.3, -0.25) is 0 Å². The highest BCUT2D eigenvalue weighted by Gasteiger charge is 2.20. The number of hydrogen-bond acceptors (Lipinski definition) is 3. The zero-order chi connectivity index (χ0) is 15.4. The molecule has 1 aliphatic heterocycles. The number of anilines is 1. The Bertz CT molecular complexity index is 514. The van der Waals surface area contributed by atoms with Crippen LogP contribution in [0.5, 0.6) is 0 Å². The van der Waals surface area contributed by atoms with Gasteiger partial charge in [-0.25, -0.2) is 4.79 Å². The average Bonchev–Trinajstić information content (AvgIpc) is 3.00. The molecule has 2 aliphatic rings. The molecule has 1 saturated heterocycles. The first-order chi connectivity index (χ1) is 10.7. The van der Waals surface area contributed by atoms with Crippen LogP contribution in [0.25, 0.3) is 0 Å². The number of hydrogen-bond donors (Lipinski definition) is 2. The van der Waals surface area contributed by atoms with Crippen LogP contribution in [0.3, 0.4) is 0 Å². The van der Waals surface area contributed by atoms with E-state index in [-0.39, 0.29) is 12.1 Å². The lowest BCUT2D eigenvalue weighted by Crippen LogP contribution is -2.36. The maximum atomic E-state index is 12.0. The fourth-order valence-corrected chi connectivity index (χ4v) is 3.22. The standard InChI is InChI=1S/C17H25N3O2/c1-20-9-10-22-16(12-20)13-5-4-8-15(11-13)19-17(21)18-14-6-2-3-7-14/h4-5,8,11,14,16H,2-3,6-7,9-10,12H2,1H3,(H2,18,19,21). The van der Waals surface area contributed by atoms with Crippen molar-refractivity contribution in [2.45, 2.75) is 37.8 Å². The van der Waals surface area contributed by atoms with E-state index in [1.54, 1.807) is 0 Å². The van der Waals surface area contributed by atoms with Crippen molar-refractivity contribution in [3.63, 3.8) is 0 Å². The minimum atomic E-state index is -0.106. The maximum Gasteiger partial charge on any atom is 0.319 e. The summed E-state index contributed by atoms with van der Waals surface area (Å²) in [6.07, 6.45) is 4.70. The van der Waals surface area contributed by atoms with Crippen molar-refractivity contribution in [1.29, 1.82) is 0 Å². The van der Waals surface area contributed by atoms with E-state index >= 15 is 0 Å². The molecule has 2 amide bonds. The molecule has 5 heteroatoms. The molecule has 0 spiro atoms. The van der Waals surface area contributed by atoms with E-state index in [1.807, 2.05) is 18.2 Å². The topological polar surface area (TPSA) is 53.6 Å². The molecular weight excluding hydrogens is 278 g/mol. The van der Waals surface area contributed by atoms with Crippen molar-refractivity contribution in [1.82, 2.24) is 10.2 Å². The molecule has 5 nitrogen and oxygen atoms in total. The van der Waals surface area contributed by atoms with Crippen molar-refractivity contribution in [2.75, 3.05) is 32.1 Å². The lowest BCUT2D eigenvalue weighted by Gasteiger charge is -2.30. The first kappa shape index (κ1) is 15.3. The lowest BCUT2D eigenvalue weighted by atomic mass is 10.1. The summed E-state index contributed by atoms with van der Waals surface area (Å²) in [5.41, 5.74) is 1.94. The van der Waals surface area contributed by atoms with Crippen LogP contribution in [-0.2, 0) is 4.74 Å². The van der Waals surface area contributed by atoms with Crippen LogP contribution in [0.4, 0.5) is 10.5 Å². The Labute approximate surface area is 132 Å². The molecule has 3 rings (SSSR count). The Morgan fingerprint density at radius 1 is 1.32 bits per heavy atom. The highest BCUT2D eigenvalue weighted by molar-refractivity contribution is 5.89. The van der Waals surface area contributed by atoms with E-state index in [1.165, 1.54) is 12.8 Å². The van der Waals surface area contributed by atoms with Crippen LogP contribution < -0.4 is 10.6 Å². The summed E-state index contributed by atoms with van der Waals surface area (Å²) in [5, 5.41) is 5.98. The molecule has 1 saturated carbocycles. The van der Waals surface area contributed by atoms with Crippen LogP contribution in [0, 0.1) is 0 Å². The van der Waals surface area contributed by atoms with Crippen molar-refractivity contribution >= 4 is 11.7 Å². The Kier molecular flexibility index (Phi) is 4.95. The quantitative estimate of drug-likeness (QED) is 0.903. The second-order valence-corrected chi connectivity index (χ2v) is 6.33. The van der Waals surface area contributed by atoms with E-state index < -0.39 is 0 Å². The predicted octanol–water partition coefficient (Wildman–Crippen LogP) is 2.75. The van der Waals surface area contributed by atoms with Gasteiger partial charge < -0.3 is 20.3 Å². The van der Waals surface area contributed by atoms with Gasteiger partial charge in [0.1, 0.15) is 0 Å². The number of amides is 2. The van der Waals surface area contributed by atoms with E-state index in [0.717, 1.165) is 43.8 Å². The normalized spacial score (nSPS) is 23.4. The molecule has 22 heavy (non-hydrogen) atoms. The second-order valence-electron chi connectivity index (χ2n) is 6.33. The van der Waals surface area contributed by atoms with Crippen molar-refractivity contribution in [3.8, 4) is 0 Å². The van der Waals surface area contributed by atoms with Gasteiger partial charge >= 0.3 is 6.03 Å². The highest BCUT2D eigenvalue weighted by Crippen LogP contribution is 2.24. The van der Waals surface area contributed by atoms with Crippen LogP contribution >= 0.6 is 0 Å². The summed E-state index contributed by atoms with van der Waals surface area (Å²) in [6, 6.07) is 8.19. The molecule has 0 radical (unpaired) electrons. The Morgan fingerprint density at radius 3 is 2.91 bits per heavy atom. The zero-order valence-corrected chi connectivity index (χ0v) is 13.2. The van der Waals surface area contributed by atoms with Gasteiger partial charge in [-0.1, -0.05) is 25.0 Å². The molecule has 2 N–H and O–H groups in total.